The standard InChI is InChI=1S/C21H23FN4O2S/c1-3-13-23-20(27)15(2)29-21-25-24-19(26(21)16-9-5-4-6-10-16)14-28-18-12-8-7-11-17(18)22/h4-12,15H,3,13-14H2,1-2H3,(H,23,27). The van der Waals surface area contributed by atoms with Crippen molar-refractivity contribution in [2.45, 2.75) is 37.3 Å². The first-order chi connectivity index (χ1) is 14.1. The van der Waals surface area contributed by atoms with Crippen LogP contribution in [0, 0.1) is 5.82 Å². The lowest BCUT2D eigenvalue weighted by atomic mass is 10.3. The minimum atomic E-state index is -0.436. The lowest BCUT2D eigenvalue weighted by Crippen LogP contribution is -2.31. The van der Waals surface area contributed by atoms with Gasteiger partial charge in [-0.2, -0.15) is 0 Å². The Balaban J connectivity index is 1.84. The number of carbonyl (C=O) groups is 1. The molecule has 1 atom stereocenters. The molecule has 0 aliphatic heterocycles. The van der Waals surface area contributed by atoms with Gasteiger partial charge >= 0.3 is 0 Å². The number of benzene rings is 2. The fraction of sp³-hybridized carbons (Fsp3) is 0.286. The molecule has 0 fully saturated rings. The van der Waals surface area contributed by atoms with Gasteiger partial charge in [0.1, 0.15) is 6.61 Å². The predicted octanol–water partition coefficient (Wildman–Crippen LogP) is 3.99. The maximum Gasteiger partial charge on any atom is 0.233 e. The SMILES string of the molecule is CCCNC(=O)C(C)Sc1nnc(COc2ccccc2F)n1-c1ccccc1. The van der Waals surface area contributed by atoms with Crippen molar-refractivity contribution in [2.24, 2.45) is 0 Å². The fourth-order valence-electron chi connectivity index (χ4n) is 2.61. The minimum Gasteiger partial charge on any atom is -0.483 e. The van der Waals surface area contributed by atoms with Crippen LogP contribution >= 0.6 is 11.8 Å². The second-order valence-corrected chi connectivity index (χ2v) is 7.65. The van der Waals surface area contributed by atoms with Crippen molar-refractivity contribution in [3.05, 3.63) is 66.2 Å². The summed E-state index contributed by atoms with van der Waals surface area (Å²) >= 11 is 1.32. The van der Waals surface area contributed by atoms with Crippen molar-refractivity contribution in [3.63, 3.8) is 0 Å². The molecule has 8 heteroatoms. The summed E-state index contributed by atoms with van der Waals surface area (Å²) in [4.78, 5) is 12.3. The number of para-hydroxylation sites is 2. The van der Waals surface area contributed by atoms with E-state index in [-0.39, 0.29) is 23.5 Å². The van der Waals surface area contributed by atoms with Crippen LogP contribution in [0.2, 0.25) is 0 Å². The van der Waals surface area contributed by atoms with Crippen molar-refractivity contribution < 1.29 is 13.9 Å². The number of nitrogens with one attached hydrogen (secondary N) is 1. The second-order valence-electron chi connectivity index (χ2n) is 6.34. The summed E-state index contributed by atoms with van der Waals surface area (Å²) < 4.78 is 21.3. The number of carbonyl (C=O) groups excluding carboxylic acids is 1. The molecule has 1 aromatic heterocycles. The number of ether oxygens (including phenoxy) is 1. The van der Waals surface area contributed by atoms with Gasteiger partial charge in [0.15, 0.2) is 22.5 Å². The van der Waals surface area contributed by atoms with Gasteiger partial charge in [-0.25, -0.2) is 4.39 Å². The van der Waals surface area contributed by atoms with Crippen LogP contribution in [0.3, 0.4) is 0 Å². The van der Waals surface area contributed by atoms with Crippen molar-refractivity contribution >= 4 is 17.7 Å². The maximum absolute atomic E-state index is 13.9. The largest absolute Gasteiger partial charge is 0.483 e. The number of halogens is 1. The number of hydrogen-bond donors (Lipinski definition) is 1. The van der Waals surface area contributed by atoms with Gasteiger partial charge in [-0.3, -0.25) is 9.36 Å². The molecule has 0 saturated carbocycles. The van der Waals surface area contributed by atoms with Gasteiger partial charge in [0.2, 0.25) is 5.91 Å². The molecule has 1 unspecified atom stereocenters. The van der Waals surface area contributed by atoms with E-state index in [0.717, 1.165) is 12.1 Å². The lowest BCUT2D eigenvalue weighted by molar-refractivity contribution is -0.120. The van der Waals surface area contributed by atoms with Gasteiger partial charge in [0, 0.05) is 12.2 Å². The number of rotatable bonds is 9. The quantitative estimate of drug-likeness (QED) is 0.536. The van der Waals surface area contributed by atoms with E-state index in [2.05, 4.69) is 15.5 Å². The molecule has 0 aliphatic rings. The molecule has 152 valence electrons. The Morgan fingerprint density at radius 3 is 2.62 bits per heavy atom. The molecule has 3 rings (SSSR count). The van der Waals surface area contributed by atoms with E-state index in [9.17, 15) is 9.18 Å². The molecule has 1 N–H and O–H groups in total. The van der Waals surface area contributed by atoms with E-state index in [0.29, 0.717) is 17.5 Å². The van der Waals surface area contributed by atoms with Gasteiger partial charge in [0.05, 0.1) is 5.25 Å². The Hall–Kier alpha value is -2.87. The number of thioether (sulfide) groups is 1. The molecule has 2 aromatic carbocycles. The Morgan fingerprint density at radius 1 is 1.17 bits per heavy atom. The first-order valence-electron chi connectivity index (χ1n) is 9.41. The molecule has 0 spiro atoms. The smallest absolute Gasteiger partial charge is 0.233 e. The molecule has 0 bridgehead atoms. The molecule has 0 saturated heterocycles. The van der Waals surface area contributed by atoms with E-state index in [1.165, 1.54) is 17.8 Å². The molecule has 1 heterocycles. The van der Waals surface area contributed by atoms with Crippen molar-refractivity contribution in [1.82, 2.24) is 20.1 Å². The third-order valence-electron chi connectivity index (χ3n) is 4.11. The summed E-state index contributed by atoms with van der Waals surface area (Å²) in [5, 5.41) is 11.6. The summed E-state index contributed by atoms with van der Waals surface area (Å²) in [6.07, 6.45) is 0.876. The highest BCUT2D eigenvalue weighted by Gasteiger charge is 2.21. The van der Waals surface area contributed by atoms with E-state index in [1.54, 1.807) is 18.2 Å². The van der Waals surface area contributed by atoms with E-state index in [1.807, 2.05) is 48.7 Å². The highest BCUT2D eigenvalue weighted by Crippen LogP contribution is 2.26. The lowest BCUT2D eigenvalue weighted by Gasteiger charge is -2.14. The van der Waals surface area contributed by atoms with Crippen LogP contribution < -0.4 is 10.1 Å². The molecule has 3 aromatic rings. The van der Waals surface area contributed by atoms with Crippen LogP contribution in [0.5, 0.6) is 5.75 Å². The van der Waals surface area contributed by atoms with Crippen LogP contribution in [-0.4, -0.2) is 32.5 Å². The van der Waals surface area contributed by atoms with Crippen molar-refractivity contribution in [3.8, 4) is 11.4 Å². The number of aromatic nitrogens is 3. The zero-order valence-electron chi connectivity index (χ0n) is 16.3. The summed E-state index contributed by atoms with van der Waals surface area (Å²) in [5.41, 5.74) is 0.841. The summed E-state index contributed by atoms with van der Waals surface area (Å²) in [6, 6.07) is 15.8. The molecule has 0 aliphatic carbocycles. The molecule has 1 amide bonds. The topological polar surface area (TPSA) is 69.0 Å². The predicted molar refractivity (Wildman–Crippen MR) is 111 cm³/mol. The Morgan fingerprint density at radius 2 is 1.90 bits per heavy atom. The third-order valence-corrected chi connectivity index (χ3v) is 5.15. The van der Waals surface area contributed by atoms with E-state index >= 15 is 0 Å². The first-order valence-corrected chi connectivity index (χ1v) is 10.3. The van der Waals surface area contributed by atoms with Gasteiger partial charge in [-0.05, 0) is 37.6 Å². The van der Waals surface area contributed by atoms with E-state index < -0.39 is 5.82 Å². The van der Waals surface area contributed by atoms with Crippen LogP contribution in [0.1, 0.15) is 26.1 Å². The summed E-state index contributed by atoms with van der Waals surface area (Å²) in [7, 11) is 0. The van der Waals surface area contributed by atoms with Gasteiger partial charge in [-0.1, -0.05) is 49.0 Å². The van der Waals surface area contributed by atoms with E-state index in [4.69, 9.17) is 4.74 Å². The molecular weight excluding hydrogens is 391 g/mol. The maximum atomic E-state index is 13.9. The zero-order valence-corrected chi connectivity index (χ0v) is 17.2. The number of amides is 1. The van der Waals surface area contributed by atoms with Crippen molar-refractivity contribution in [2.75, 3.05) is 6.54 Å². The highest BCUT2D eigenvalue weighted by atomic mass is 32.2. The molecular formula is C21H23FN4O2S. The first kappa shape index (κ1) is 20.9. The summed E-state index contributed by atoms with van der Waals surface area (Å²) in [6.45, 7) is 4.51. The number of nitrogens with zero attached hydrogens (tertiary/aromatic N) is 3. The van der Waals surface area contributed by atoms with Crippen LogP contribution in [-0.2, 0) is 11.4 Å². The third kappa shape index (κ3) is 5.35. The zero-order chi connectivity index (χ0) is 20.6. The Bertz CT molecular complexity index is 949. The Labute approximate surface area is 173 Å². The van der Waals surface area contributed by atoms with Crippen LogP contribution in [0.25, 0.3) is 5.69 Å². The fourth-order valence-corrected chi connectivity index (χ4v) is 3.52. The highest BCUT2D eigenvalue weighted by molar-refractivity contribution is 8.00. The molecule has 29 heavy (non-hydrogen) atoms. The number of hydrogen-bond acceptors (Lipinski definition) is 5. The monoisotopic (exact) mass is 414 g/mol. The van der Waals surface area contributed by atoms with Crippen LogP contribution in [0.15, 0.2) is 59.8 Å². The second kappa shape index (κ2) is 10.1. The normalized spacial score (nSPS) is 11.8. The average Bonchev–Trinajstić information content (AvgIpc) is 3.14. The van der Waals surface area contributed by atoms with Gasteiger partial charge < -0.3 is 10.1 Å². The minimum absolute atomic E-state index is 0.0415. The average molecular weight is 415 g/mol. The summed E-state index contributed by atoms with van der Waals surface area (Å²) in [5.74, 6) is 0.178. The van der Waals surface area contributed by atoms with Crippen molar-refractivity contribution in [1.29, 1.82) is 0 Å². The van der Waals surface area contributed by atoms with Crippen LogP contribution in [0.4, 0.5) is 4.39 Å². The van der Waals surface area contributed by atoms with Gasteiger partial charge in [0.25, 0.3) is 0 Å². The molecule has 0 radical (unpaired) electrons. The Kier molecular flexibility index (Phi) is 7.24. The molecule has 6 nitrogen and oxygen atoms in total. The van der Waals surface area contributed by atoms with Gasteiger partial charge in [-0.15, -0.1) is 10.2 Å².